The highest BCUT2D eigenvalue weighted by molar-refractivity contribution is 5.80. The average molecular weight is 258 g/mol. The Hall–Kier alpha value is -1.55. The standard InChI is InChI=1S/C15H22N4/c1-11-9-13-14(10-12(11)2)18(3)15(17-13)19-7-4-5-16-6-8-19/h9-10,16H,4-8H2,1-3H3. The van der Waals surface area contributed by atoms with Crippen LogP contribution in [0.1, 0.15) is 17.5 Å². The maximum absolute atomic E-state index is 4.84. The van der Waals surface area contributed by atoms with Crippen molar-refractivity contribution in [2.45, 2.75) is 20.3 Å². The Kier molecular flexibility index (Phi) is 3.19. The fourth-order valence-electron chi connectivity index (χ4n) is 2.76. The Labute approximate surface area is 114 Å². The third-order valence-electron chi connectivity index (χ3n) is 4.10. The van der Waals surface area contributed by atoms with Crippen molar-refractivity contribution in [3.63, 3.8) is 0 Å². The van der Waals surface area contributed by atoms with Crippen LogP contribution in [-0.4, -0.2) is 35.7 Å². The molecule has 3 rings (SSSR count). The number of hydrogen-bond acceptors (Lipinski definition) is 3. The fraction of sp³-hybridized carbons (Fsp3) is 0.533. The Morgan fingerprint density at radius 1 is 1.11 bits per heavy atom. The topological polar surface area (TPSA) is 33.1 Å². The lowest BCUT2D eigenvalue weighted by Gasteiger charge is -2.20. The van der Waals surface area contributed by atoms with Crippen LogP contribution in [0.25, 0.3) is 11.0 Å². The van der Waals surface area contributed by atoms with Crippen LogP contribution >= 0.6 is 0 Å². The number of nitrogens with one attached hydrogen (secondary N) is 1. The molecule has 2 heterocycles. The van der Waals surface area contributed by atoms with Crippen LogP contribution in [-0.2, 0) is 7.05 Å². The quantitative estimate of drug-likeness (QED) is 0.849. The predicted octanol–water partition coefficient (Wildman–Crippen LogP) is 1.99. The number of nitrogens with zero attached hydrogens (tertiary/aromatic N) is 3. The zero-order chi connectivity index (χ0) is 13.4. The molecule has 0 aliphatic carbocycles. The first kappa shape index (κ1) is 12.5. The Morgan fingerprint density at radius 2 is 1.89 bits per heavy atom. The second-order valence-electron chi connectivity index (χ2n) is 5.49. The zero-order valence-corrected chi connectivity index (χ0v) is 12.0. The highest BCUT2D eigenvalue weighted by Gasteiger charge is 2.16. The smallest absolute Gasteiger partial charge is 0.206 e. The summed E-state index contributed by atoms with van der Waals surface area (Å²) in [7, 11) is 2.12. The van der Waals surface area contributed by atoms with E-state index in [9.17, 15) is 0 Å². The van der Waals surface area contributed by atoms with E-state index in [4.69, 9.17) is 4.98 Å². The minimum Gasteiger partial charge on any atom is -0.341 e. The van der Waals surface area contributed by atoms with Crippen LogP contribution in [0.2, 0.25) is 0 Å². The van der Waals surface area contributed by atoms with Crippen LogP contribution in [0.3, 0.4) is 0 Å². The molecule has 102 valence electrons. The highest BCUT2D eigenvalue weighted by Crippen LogP contribution is 2.24. The zero-order valence-electron chi connectivity index (χ0n) is 12.0. The van der Waals surface area contributed by atoms with E-state index in [0.717, 1.165) is 37.6 Å². The van der Waals surface area contributed by atoms with Gasteiger partial charge in [-0.1, -0.05) is 0 Å². The molecule has 0 bridgehead atoms. The molecular weight excluding hydrogens is 236 g/mol. The molecule has 1 N–H and O–H groups in total. The van der Waals surface area contributed by atoms with Gasteiger partial charge in [-0.25, -0.2) is 4.98 Å². The molecule has 19 heavy (non-hydrogen) atoms. The summed E-state index contributed by atoms with van der Waals surface area (Å²) in [5.74, 6) is 1.10. The molecule has 1 aromatic heterocycles. The normalized spacial score (nSPS) is 16.9. The molecule has 0 radical (unpaired) electrons. The third kappa shape index (κ3) is 2.21. The van der Waals surface area contributed by atoms with E-state index < -0.39 is 0 Å². The molecule has 1 aliphatic rings. The molecule has 1 aliphatic heterocycles. The summed E-state index contributed by atoms with van der Waals surface area (Å²) in [6, 6.07) is 4.45. The number of aryl methyl sites for hydroxylation is 3. The maximum atomic E-state index is 4.84. The van der Waals surface area contributed by atoms with Gasteiger partial charge in [-0.15, -0.1) is 0 Å². The van der Waals surface area contributed by atoms with Crippen LogP contribution in [0.15, 0.2) is 12.1 Å². The predicted molar refractivity (Wildman–Crippen MR) is 79.9 cm³/mol. The van der Waals surface area contributed by atoms with Gasteiger partial charge in [-0.2, -0.15) is 0 Å². The molecule has 0 unspecified atom stereocenters. The van der Waals surface area contributed by atoms with Crippen molar-refractivity contribution in [3.05, 3.63) is 23.3 Å². The van der Waals surface area contributed by atoms with Crippen molar-refractivity contribution in [3.8, 4) is 0 Å². The van der Waals surface area contributed by atoms with Crippen molar-refractivity contribution in [2.75, 3.05) is 31.1 Å². The first-order chi connectivity index (χ1) is 9.16. The van der Waals surface area contributed by atoms with E-state index >= 15 is 0 Å². The molecule has 0 amide bonds. The molecule has 0 spiro atoms. The second-order valence-corrected chi connectivity index (χ2v) is 5.49. The van der Waals surface area contributed by atoms with Gasteiger partial charge >= 0.3 is 0 Å². The minimum atomic E-state index is 1.04. The molecule has 1 saturated heterocycles. The highest BCUT2D eigenvalue weighted by atomic mass is 15.3. The Balaban J connectivity index is 2.06. The Bertz CT molecular complexity index is 592. The minimum absolute atomic E-state index is 1.04. The van der Waals surface area contributed by atoms with Gasteiger partial charge < -0.3 is 14.8 Å². The number of hydrogen-bond donors (Lipinski definition) is 1. The maximum Gasteiger partial charge on any atom is 0.206 e. The van der Waals surface area contributed by atoms with Gasteiger partial charge in [0.05, 0.1) is 11.0 Å². The largest absolute Gasteiger partial charge is 0.341 e. The van der Waals surface area contributed by atoms with Crippen molar-refractivity contribution < 1.29 is 0 Å². The number of rotatable bonds is 1. The van der Waals surface area contributed by atoms with E-state index in [1.165, 1.54) is 23.1 Å². The van der Waals surface area contributed by atoms with Gasteiger partial charge in [0.15, 0.2) is 0 Å². The van der Waals surface area contributed by atoms with Crippen LogP contribution < -0.4 is 10.2 Å². The second kappa shape index (κ2) is 4.85. The lowest BCUT2D eigenvalue weighted by Crippen LogP contribution is -2.29. The summed E-state index contributed by atoms with van der Waals surface area (Å²) in [5.41, 5.74) is 4.99. The average Bonchev–Trinajstić information content (AvgIpc) is 2.61. The molecule has 1 fully saturated rings. The first-order valence-electron chi connectivity index (χ1n) is 7.06. The van der Waals surface area contributed by atoms with Gasteiger partial charge in [-0.3, -0.25) is 0 Å². The van der Waals surface area contributed by atoms with E-state index in [-0.39, 0.29) is 0 Å². The fourth-order valence-corrected chi connectivity index (χ4v) is 2.76. The molecule has 0 saturated carbocycles. The summed E-state index contributed by atoms with van der Waals surface area (Å²) in [6.07, 6.45) is 1.18. The molecule has 2 aromatic rings. The van der Waals surface area contributed by atoms with Gasteiger partial charge in [0.2, 0.25) is 5.95 Å². The van der Waals surface area contributed by atoms with Crippen molar-refractivity contribution >= 4 is 17.0 Å². The van der Waals surface area contributed by atoms with E-state index in [0.29, 0.717) is 0 Å². The lowest BCUT2D eigenvalue weighted by atomic mass is 10.1. The number of imidazole rings is 1. The number of fused-ring (bicyclic) bond motifs is 1. The van der Waals surface area contributed by atoms with Gasteiger partial charge in [0.1, 0.15) is 0 Å². The monoisotopic (exact) mass is 258 g/mol. The van der Waals surface area contributed by atoms with Crippen molar-refractivity contribution in [1.82, 2.24) is 14.9 Å². The number of anilines is 1. The summed E-state index contributed by atoms with van der Waals surface area (Å²) in [6.45, 7) is 8.59. The molecule has 4 nitrogen and oxygen atoms in total. The van der Waals surface area contributed by atoms with Gasteiger partial charge in [0, 0.05) is 26.7 Å². The first-order valence-corrected chi connectivity index (χ1v) is 7.06. The van der Waals surface area contributed by atoms with Gasteiger partial charge in [-0.05, 0) is 50.1 Å². The van der Waals surface area contributed by atoms with Crippen molar-refractivity contribution in [2.24, 2.45) is 7.05 Å². The van der Waals surface area contributed by atoms with E-state index in [1.807, 2.05) is 0 Å². The SMILES string of the molecule is Cc1cc2nc(N3CCCNCC3)n(C)c2cc1C. The lowest BCUT2D eigenvalue weighted by molar-refractivity contribution is 0.724. The summed E-state index contributed by atoms with van der Waals surface area (Å²) < 4.78 is 2.23. The van der Waals surface area contributed by atoms with Crippen molar-refractivity contribution in [1.29, 1.82) is 0 Å². The van der Waals surface area contributed by atoms with E-state index in [1.54, 1.807) is 0 Å². The Morgan fingerprint density at radius 3 is 2.74 bits per heavy atom. The summed E-state index contributed by atoms with van der Waals surface area (Å²) >= 11 is 0. The number of aromatic nitrogens is 2. The molecule has 4 heteroatoms. The van der Waals surface area contributed by atoms with Crippen LogP contribution in [0.4, 0.5) is 5.95 Å². The van der Waals surface area contributed by atoms with Gasteiger partial charge in [0.25, 0.3) is 0 Å². The summed E-state index contributed by atoms with van der Waals surface area (Å²) in [4.78, 5) is 7.23. The van der Waals surface area contributed by atoms with Crippen LogP contribution in [0.5, 0.6) is 0 Å². The molecular formula is C15H22N4. The summed E-state index contributed by atoms with van der Waals surface area (Å²) in [5, 5.41) is 3.44. The van der Waals surface area contributed by atoms with E-state index in [2.05, 4.69) is 47.8 Å². The third-order valence-corrected chi connectivity index (χ3v) is 4.10. The molecule has 0 atom stereocenters. The molecule has 1 aromatic carbocycles. The van der Waals surface area contributed by atoms with Crippen LogP contribution in [0, 0.1) is 13.8 Å². The number of benzene rings is 1.